The molecule has 18 heavy (non-hydrogen) atoms. The lowest BCUT2D eigenvalue weighted by atomic mass is 9.84. The second kappa shape index (κ2) is 6.79. The first-order valence-electron chi connectivity index (χ1n) is 5.87. The van der Waals surface area contributed by atoms with Crippen LogP contribution in [0.2, 0.25) is 0 Å². The highest BCUT2D eigenvalue weighted by Gasteiger charge is 2.22. The lowest BCUT2D eigenvalue weighted by molar-refractivity contribution is 0.113. The van der Waals surface area contributed by atoms with Crippen LogP contribution in [0, 0.1) is 11.3 Å². The van der Waals surface area contributed by atoms with E-state index in [4.69, 9.17) is 5.11 Å². The van der Waals surface area contributed by atoms with E-state index in [1.54, 1.807) is 11.8 Å². The van der Waals surface area contributed by atoms with Crippen molar-refractivity contribution in [2.75, 3.05) is 12.4 Å². The molecule has 0 aliphatic heterocycles. The zero-order valence-electron chi connectivity index (χ0n) is 10.8. The average Bonchev–Trinajstić information content (AvgIpc) is 2.39. The van der Waals surface area contributed by atoms with Crippen molar-refractivity contribution >= 4 is 11.8 Å². The molecule has 0 radical (unpaired) electrons. The molecule has 4 heteroatoms. The van der Waals surface area contributed by atoms with Crippen molar-refractivity contribution in [2.45, 2.75) is 31.1 Å². The number of aliphatic hydroxyl groups excluding tert-OH is 2. The van der Waals surface area contributed by atoms with Crippen LogP contribution in [0.1, 0.15) is 25.0 Å². The van der Waals surface area contributed by atoms with E-state index >= 15 is 0 Å². The summed E-state index contributed by atoms with van der Waals surface area (Å²) in [6, 6.07) is 10.2. The third-order valence-electron chi connectivity index (χ3n) is 2.75. The third-order valence-corrected chi connectivity index (χ3v) is 3.88. The summed E-state index contributed by atoms with van der Waals surface area (Å²) in [5, 5.41) is 27.2. The lowest BCUT2D eigenvalue weighted by Crippen LogP contribution is -2.17. The van der Waals surface area contributed by atoms with Gasteiger partial charge in [0.15, 0.2) is 0 Å². The molecule has 0 unspecified atom stereocenters. The van der Waals surface area contributed by atoms with Crippen molar-refractivity contribution in [1.29, 1.82) is 5.26 Å². The molecule has 0 aliphatic carbocycles. The van der Waals surface area contributed by atoms with Crippen LogP contribution in [0.15, 0.2) is 24.3 Å². The summed E-state index contributed by atoms with van der Waals surface area (Å²) < 4.78 is 0. The van der Waals surface area contributed by atoms with Gasteiger partial charge in [0, 0.05) is 11.5 Å². The van der Waals surface area contributed by atoms with E-state index < -0.39 is 11.5 Å². The van der Waals surface area contributed by atoms with Gasteiger partial charge >= 0.3 is 0 Å². The molecule has 1 rings (SSSR count). The summed E-state index contributed by atoms with van der Waals surface area (Å²) in [6.07, 6.45) is -0.675. The number of benzene rings is 1. The summed E-state index contributed by atoms with van der Waals surface area (Å²) in [5.74, 6) is 1.23. The minimum atomic E-state index is -0.675. The molecule has 0 fully saturated rings. The molecule has 2 N–H and O–H groups in total. The largest absolute Gasteiger partial charge is 0.394 e. The molecule has 0 aromatic heterocycles. The Kier molecular flexibility index (Phi) is 5.67. The van der Waals surface area contributed by atoms with Gasteiger partial charge in [-0.1, -0.05) is 24.3 Å². The number of hydrogen-bond donors (Lipinski definition) is 2. The highest BCUT2D eigenvalue weighted by atomic mass is 32.2. The summed E-state index contributed by atoms with van der Waals surface area (Å²) in [7, 11) is 0. The number of nitriles is 1. The Morgan fingerprint density at radius 1 is 1.39 bits per heavy atom. The fourth-order valence-electron chi connectivity index (χ4n) is 1.67. The standard InChI is InChI=1S/C14H19NO2S/c1-14(2,10-15)13-6-4-3-5-11(13)8-18-9-12(17)7-16/h3-6,12,16-17H,7-9H2,1-2H3/t12-/m0/s1. The van der Waals surface area contributed by atoms with Gasteiger partial charge in [-0.3, -0.25) is 0 Å². The lowest BCUT2D eigenvalue weighted by Gasteiger charge is -2.20. The van der Waals surface area contributed by atoms with Gasteiger partial charge in [0.25, 0.3) is 0 Å². The number of hydrogen-bond acceptors (Lipinski definition) is 4. The van der Waals surface area contributed by atoms with E-state index in [-0.39, 0.29) is 6.61 Å². The Hall–Kier alpha value is -1.02. The number of thioether (sulfide) groups is 1. The molecule has 0 spiro atoms. The summed E-state index contributed by atoms with van der Waals surface area (Å²) >= 11 is 1.56. The highest BCUT2D eigenvalue weighted by Crippen LogP contribution is 2.28. The van der Waals surface area contributed by atoms with Crippen LogP contribution in [0.3, 0.4) is 0 Å². The maximum Gasteiger partial charge on any atom is 0.0861 e. The Morgan fingerprint density at radius 2 is 2.06 bits per heavy atom. The Balaban J connectivity index is 2.75. The quantitative estimate of drug-likeness (QED) is 0.826. The van der Waals surface area contributed by atoms with Gasteiger partial charge in [0.2, 0.25) is 0 Å². The molecular weight excluding hydrogens is 246 g/mol. The molecule has 1 aromatic carbocycles. The zero-order valence-corrected chi connectivity index (χ0v) is 11.6. The Bertz CT molecular complexity index is 426. The van der Waals surface area contributed by atoms with E-state index in [2.05, 4.69) is 6.07 Å². The third kappa shape index (κ3) is 4.02. The molecule has 1 atom stereocenters. The Morgan fingerprint density at radius 3 is 2.67 bits per heavy atom. The molecular formula is C14H19NO2S. The van der Waals surface area contributed by atoms with Crippen molar-refractivity contribution in [3.63, 3.8) is 0 Å². The highest BCUT2D eigenvalue weighted by molar-refractivity contribution is 7.98. The molecule has 1 aromatic rings. The van der Waals surface area contributed by atoms with Crippen LogP contribution >= 0.6 is 11.8 Å². The van der Waals surface area contributed by atoms with E-state index in [0.717, 1.165) is 16.9 Å². The SMILES string of the molecule is CC(C)(C#N)c1ccccc1CSC[C@@H](O)CO. The molecule has 0 saturated heterocycles. The monoisotopic (exact) mass is 265 g/mol. The fraction of sp³-hybridized carbons (Fsp3) is 0.500. The van der Waals surface area contributed by atoms with Crippen molar-refractivity contribution < 1.29 is 10.2 Å². The van der Waals surface area contributed by atoms with Crippen LogP contribution in [0.25, 0.3) is 0 Å². The second-order valence-electron chi connectivity index (χ2n) is 4.75. The van der Waals surface area contributed by atoms with Crippen LogP contribution in [-0.4, -0.2) is 28.7 Å². The van der Waals surface area contributed by atoms with Crippen LogP contribution < -0.4 is 0 Å². The van der Waals surface area contributed by atoms with Gasteiger partial charge in [0.05, 0.1) is 24.2 Å². The summed E-state index contributed by atoms with van der Waals surface area (Å²) in [5.41, 5.74) is 1.63. The van der Waals surface area contributed by atoms with E-state index in [1.807, 2.05) is 38.1 Å². The summed E-state index contributed by atoms with van der Waals surface area (Å²) in [6.45, 7) is 3.59. The first-order chi connectivity index (χ1) is 8.51. The van der Waals surface area contributed by atoms with Gasteiger partial charge in [0.1, 0.15) is 0 Å². The average molecular weight is 265 g/mol. The van der Waals surface area contributed by atoms with Crippen LogP contribution in [-0.2, 0) is 11.2 Å². The smallest absolute Gasteiger partial charge is 0.0861 e. The van der Waals surface area contributed by atoms with Gasteiger partial charge in [-0.2, -0.15) is 17.0 Å². The second-order valence-corrected chi connectivity index (χ2v) is 5.78. The van der Waals surface area contributed by atoms with Gasteiger partial charge < -0.3 is 10.2 Å². The van der Waals surface area contributed by atoms with Crippen molar-refractivity contribution in [3.8, 4) is 6.07 Å². The van der Waals surface area contributed by atoms with Crippen molar-refractivity contribution in [2.24, 2.45) is 0 Å². The van der Waals surface area contributed by atoms with Crippen molar-refractivity contribution in [3.05, 3.63) is 35.4 Å². The Labute approximate surface area is 112 Å². The maximum absolute atomic E-state index is 9.29. The predicted octanol–water partition coefficient (Wildman–Crippen LogP) is 2.07. The predicted molar refractivity (Wildman–Crippen MR) is 74.3 cm³/mol. The van der Waals surface area contributed by atoms with Crippen LogP contribution in [0.4, 0.5) is 0 Å². The minimum absolute atomic E-state index is 0.210. The van der Waals surface area contributed by atoms with E-state index in [1.165, 1.54) is 0 Å². The molecule has 98 valence electrons. The molecule has 0 heterocycles. The van der Waals surface area contributed by atoms with E-state index in [0.29, 0.717) is 5.75 Å². The minimum Gasteiger partial charge on any atom is -0.394 e. The van der Waals surface area contributed by atoms with Gasteiger partial charge in [-0.15, -0.1) is 0 Å². The van der Waals surface area contributed by atoms with Crippen molar-refractivity contribution in [1.82, 2.24) is 0 Å². The van der Waals surface area contributed by atoms with Gasteiger partial charge in [-0.25, -0.2) is 0 Å². The maximum atomic E-state index is 9.29. The normalized spacial score (nSPS) is 13.1. The molecule has 0 bridgehead atoms. The fourth-order valence-corrected chi connectivity index (χ4v) is 2.64. The summed E-state index contributed by atoms with van der Waals surface area (Å²) in [4.78, 5) is 0. The molecule has 0 amide bonds. The van der Waals surface area contributed by atoms with Gasteiger partial charge in [-0.05, 0) is 25.0 Å². The first kappa shape index (κ1) is 15.0. The van der Waals surface area contributed by atoms with E-state index in [9.17, 15) is 10.4 Å². The first-order valence-corrected chi connectivity index (χ1v) is 7.03. The number of rotatable bonds is 6. The molecule has 3 nitrogen and oxygen atoms in total. The number of aliphatic hydroxyl groups is 2. The van der Waals surface area contributed by atoms with Crippen LogP contribution in [0.5, 0.6) is 0 Å². The topological polar surface area (TPSA) is 64.2 Å². The zero-order chi connectivity index (χ0) is 13.6. The number of nitrogens with zero attached hydrogens (tertiary/aromatic N) is 1. The molecule has 0 saturated carbocycles. The molecule has 0 aliphatic rings.